The molecule has 0 aliphatic heterocycles. The van der Waals surface area contributed by atoms with Crippen LogP contribution < -0.4 is 10.6 Å². The molecule has 1 atom stereocenters. The Balaban J connectivity index is 1.66. The Hall–Kier alpha value is -2.81. The number of amides is 2. The van der Waals surface area contributed by atoms with E-state index in [2.05, 4.69) is 34.9 Å². The van der Waals surface area contributed by atoms with Crippen molar-refractivity contribution in [2.75, 3.05) is 0 Å². The van der Waals surface area contributed by atoms with E-state index in [1.54, 1.807) is 0 Å². The van der Waals surface area contributed by atoms with Crippen LogP contribution in [0.1, 0.15) is 24.1 Å². The molecular weight excluding hydrogens is 284 g/mol. The number of hydrogen-bond donors (Lipinski definition) is 2. The van der Waals surface area contributed by atoms with E-state index in [0.29, 0.717) is 6.54 Å². The van der Waals surface area contributed by atoms with Gasteiger partial charge in [0.05, 0.1) is 6.04 Å². The first-order valence-corrected chi connectivity index (χ1v) is 7.80. The molecule has 0 saturated carbocycles. The molecule has 3 rings (SSSR count). The van der Waals surface area contributed by atoms with Gasteiger partial charge in [0, 0.05) is 6.54 Å². The number of nitrogens with one attached hydrogen (secondary N) is 2. The average molecular weight is 304 g/mol. The molecule has 0 fully saturated rings. The third kappa shape index (κ3) is 3.69. The highest BCUT2D eigenvalue weighted by atomic mass is 16.2. The Morgan fingerprint density at radius 2 is 1.61 bits per heavy atom. The maximum absolute atomic E-state index is 12.1. The molecule has 116 valence electrons. The van der Waals surface area contributed by atoms with Gasteiger partial charge >= 0.3 is 6.03 Å². The molecule has 1 unspecified atom stereocenters. The second-order valence-electron chi connectivity index (χ2n) is 5.60. The Morgan fingerprint density at radius 3 is 2.43 bits per heavy atom. The summed E-state index contributed by atoms with van der Waals surface area (Å²) in [5.41, 5.74) is 2.21. The molecule has 3 aromatic carbocycles. The van der Waals surface area contributed by atoms with E-state index in [-0.39, 0.29) is 12.1 Å². The third-order valence-corrected chi connectivity index (χ3v) is 3.93. The van der Waals surface area contributed by atoms with Gasteiger partial charge in [-0.1, -0.05) is 72.8 Å². The van der Waals surface area contributed by atoms with Crippen LogP contribution in [0.15, 0.2) is 72.8 Å². The lowest BCUT2D eigenvalue weighted by atomic mass is 10.00. The summed E-state index contributed by atoms with van der Waals surface area (Å²) in [4.78, 5) is 12.1. The van der Waals surface area contributed by atoms with Gasteiger partial charge in [-0.05, 0) is 28.8 Å². The van der Waals surface area contributed by atoms with Crippen molar-refractivity contribution < 1.29 is 4.79 Å². The van der Waals surface area contributed by atoms with Crippen LogP contribution in [-0.4, -0.2) is 6.03 Å². The number of carbonyl (C=O) groups excluding carboxylic acids is 1. The lowest BCUT2D eigenvalue weighted by Crippen LogP contribution is -2.36. The molecule has 3 aromatic rings. The lowest BCUT2D eigenvalue weighted by Gasteiger charge is -2.17. The SMILES string of the molecule is CC(NC(=O)NCc1ccccc1)c1cccc2ccccc12. The molecule has 2 N–H and O–H groups in total. The molecule has 23 heavy (non-hydrogen) atoms. The Bertz CT molecular complexity index is 794. The fraction of sp³-hybridized carbons (Fsp3) is 0.150. The van der Waals surface area contributed by atoms with E-state index in [9.17, 15) is 4.79 Å². The summed E-state index contributed by atoms with van der Waals surface area (Å²) < 4.78 is 0. The molecule has 0 radical (unpaired) electrons. The van der Waals surface area contributed by atoms with Crippen LogP contribution in [0.5, 0.6) is 0 Å². The van der Waals surface area contributed by atoms with Crippen LogP contribution in [0.25, 0.3) is 10.8 Å². The number of hydrogen-bond acceptors (Lipinski definition) is 1. The van der Waals surface area contributed by atoms with Crippen molar-refractivity contribution in [3.05, 3.63) is 83.9 Å². The second kappa shape index (κ2) is 6.97. The summed E-state index contributed by atoms with van der Waals surface area (Å²) in [6, 6.07) is 24.1. The first-order valence-electron chi connectivity index (χ1n) is 7.80. The van der Waals surface area contributed by atoms with E-state index in [1.807, 2.05) is 55.5 Å². The van der Waals surface area contributed by atoms with Gasteiger partial charge in [0.1, 0.15) is 0 Å². The Labute approximate surface area is 136 Å². The average Bonchev–Trinajstić information content (AvgIpc) is 2.60. The minimum Gasteiger partial charge on any atom is -0.334 e. The van der Waals surface area contributed by atoms with E-state index in [1.165, 1.54) is 10.8 Å². The molecule has 0 bridgehead atoms. The molecule has 0 aromatic heterocycles. The summed E-state index contributed by atoms with van der Waals surface area (Å²) >= 11 is 0. The van der Waals surface area contributed by atoms with Crippen molar-refractivity contribution >= 4 is 16.8 Å². The fourth-order valence-electron chi connectivity index (χ4n) is 2.73. The predicted molar refractivity (Wildman–Crippen MR) is 94.2 cm³/mol. The first-order chi connectivity index (χ1) is 11.2. The number of fused-ring (bicyclic) bond motifs is 1. The van der Waals surface area contributed by atoms with Gasteiger partial charge in [-0.25, -0.2) is 4.79 Å². The zero-order chi connectivity index (χ0) is 16.1. The van der Waals surface area contributed by atoms with Gasteiger partial charge in [0.25, 0.3) is 0 Å². The van der Waals surface area contributed by atoms with Crippen LogP contribution in [0, 0.1) is 0 Å². The van der Waals surface area contributed by atoms with Crippen LogP contribution in [0.4, 0.5) is 4.79 Å². The first kappa shape index (κ1) is 15.1. The maximum Gasteiger partial charge on any atom is 0.315 e. The van der Waals surface area contributed by atoms with Crippen molar-refractivity contribution in [2.45, 2.75) is 19.5 Å². The summed E-state index contributed by atoms with van der Waals surface area (Å²) in [6.07, 6.45) is 0. The fourth-order valence-corrected chi connectivity index (χ4v) is 2.73. The molecule has 3 nitrogen and oxygen atoms in total. The highest BCUT2D eigenvalue weighted by molar-refractivity contribution is 5.86. The molecule has 2 amide bonds. The smallest absolute Gasteiger partial charge is 0.315 e. The summed E-state index contributed by atoms with van der Waals surface area (Å²) in [5.74, 6) is 0. The number of urea groups is 1. The molecule has 0 aliphatic rings. The predicted octanol–water partition coefficient (Wildman–Crippen LogP) is 4.40. The number of benzene rings is 3. The van der Waals surface area contributed by atoms with Crippen LogP contribution in [0.3, 0.4) is 0 Å². The van der Waals surface area contributed by atoms with Gasteiger partial charge < -0.3 is 10.6 Å². The lowest BCUT2D eigenvalue weighted by molar-refractivity contribution is 0.237. The minimum atomic E-state index is -0.158. The number of rotatable bonds is 4. The number of carbonyl (C=O) groups is 1. The van der Waals surface area contributed by atoms with E-state index in [0.717, 1.165) is 11.1 Å². The van der Waals surface area contributed by atoms with Crippen molar-refractivity contribution in [3.63, 3.8) is 0 Å². The Morgan fingerprint density at radius 1 is 0.913 bits per heavy atom. The van der Waals surface area contributed by atoms with Crippen molar-refractivity contribution in [3.8, 4) is 0 Å². The van der Waals surface area contributed by atoms with E-state index >= 15 is 0 Å². The standard InChI is InChI=1S/C20H20N2O/c1-15(18-13-7-11-17-10-5-6-12-19(17)18)22-20(23)21-14-16-8-3-2-4-9-16/h2-13,15H,14H2,1H3,(H2,21,22,23). The minimum absolute atomic E-state index is 0.0585. The zero-order valence-electron chi connectivity index (χ0n) is 13.1. The van der Waals surface area contributed by atoms with E-state index in [4.69, 9.17) is 0 Å². The van der Waals surface area contributed by atoms with Crippen LogP contribution in [-0.2, 0) is 6.54 Å². The summed E-state index contributed by atoms with van der Waals surface area (Å²) in [5, 5.41) is 8.26. The Kier molecular flexibility index (Phi) is 4.57. The molecule has 0 spiro atoms. The molecule has 0 heterocycles. The highest BCUT2D eigenvalue weighted by Crippen LogP contribution is 2.23. The highest BCUT2D eigenvalue weighted by Gasteiger charge is 2.11. The van der Waals surface area contributed by atoms with Gasteiger partial charge in [-0.2, -0.15) is 0 Å². The largest absolute Gasteiger partial charge is 0.334 e. The molecule has 3 heteroatoms. The zero-order valence-corrected chi connectivity index (χ0v) is 13.1. The van der Waals surface area contributed by atoms with Crippen molar-refractivity contribution in [2.24, 2.45) is 0 Å². The molecular formula is C20H20N2O. The topological polar surface area (TPSA) is 41.1 Å². The van der Waals surface area contributed by atoms with Crippen molar-refractivity contribution in [1.29, 1.82) is 0 Å². The van der Waals surface area contributed by atoms with Gasteiger partial charge in [0.15, 0.2) is 0 Å². The summed E-state index contributed by atoms with van der Waals surface area (Å²) in [7, 11) is 0. The van der Waals surface area contributed by atoms with Crippen molar-refractivity contribution in [1.82, 2.24) is 10.6 Å². The van der Waals surface area contributed by atoms with Gasteiger partial charge in [-0.15, -0.1) is 0 Å². The van der Waals surface area contributed by atoms with Crippen LogP contribution >= 0.6 is 0 Å². The monoisotopic (exact) mass is 304 g/mol. The van der Waals surface area contributed by atoms with E-state index < -0.39 is 0 Å². The maximum atomic E-state index is 12.1. The van der Waals surface area contributed by atoms with Gasteiger partial charge in [0.2, 0.25) is 0 Å². The molecule has 0 saturated heterocycles. The molecule has 0 aliphatic carbocycles. The quantitative estimate of drug-likeness (QED) is 0.737. The second-order valence-corrected chi connectivity index (χ2v) is 5.60. The summed E-state index contributed by atoms with van der Waals surface area (Å²) in [6.45, 7) is 2.53. The van der Waals surface area contributed by atoms with Gasteiger partial charge in [-0.3, -0.25) is 0 Å². The normalized spacial score (nSPS) is 11.9. The van der Waals surface area contributed by atoms with Crippen LogP contribution in [0.2, 0.25) is 0 Å². The third-order valence-electron chi connectivity index (χ3n) is 3.93.